The molecular weight excluding hydrogens is 234 g/mol. The monoisotopic (exact) mass is 255 g/mol. The van der Waals surface area contributed by atoms with Gasteiger partial charge in [0.15, 0.2) is 0 Å². The molecule has 17 heavy (non-hydrogen) atoms. The Morgan fingerprint density at radius 3 is 2.65 bits per heavy atom. The average Bonchev–Trinajstić information content (AvgIpc) is 2.35. The summed E-state index contributed by atoms with van der Waals surface area (Å²) in [7, 11) is 1.67. The lowest BCUT2D eigenvalue weighted by atomic mass is 10.0. The molecule has 0 aromatic heterocycles. The number of ether oxygens (including phenoxy) is 1. The van der Waals surface area contributed by atoms with Crippen molar-refractivity contribution < 1.29 is 4.74 Å². The number of methoxy groups -OCH3 is 1. The second-order valence-corrected chi connectivity index (χ2v) is 4.88. The minimum absolute atomic E-state index is 0.473. The van der Waals surface area contributed by atoms with E-state index in [2.05, 4.69) is 26.1 Å². The number of hydrogen-bond donors (Lipinski definition) is 1. The predicted octanol–water partition coefficient (Wildman–Crippen LogP) is 3.87. The van der Waals surface area contributed by atoms with Crippen LogP contribution in [0.2, 0.25) is 5.02 Å². The molecule has 2 nitrogen and oxygen atoms in total. The van der Waals surface area contributed by atoms with Gasteiger partial charge in [-0.15, -0.1) is 0 Å². The van der Waals surface area contributed by atoms with Crippen LogP contribution >= 0.6 is 11.6 Å². The van der Waals surface area contributed by atoms with Crippen LogP contribution < -0.4 is 10.1 Å². The highest BCUT2D eigenvalue weighted by Gasteiger charge is 2.12. The van der Waals surface area contributed by atoms with Crippen LogP contribution in [0.5, 0.6) is 5.75 Å². The van der Waals surface area contributed by atoms with Gasteiger partial charge >= 0.3 is 0 Å². The Labute approximate surface area is 109 Å². The number of rotatable bonds is 6. The van der Waals surface area contributed by atoms with E-state index in [1.807, 2.05) is 18.2 Å². The van der Waals surface area contributed by atoms with Crippen molar-refractivity contribution in [2.24, 2.45) is 5.92 Å². The zero-order valence-corrected chi connectivity index (χ0v) is 11.8. The Balaban J connectivity index is 2.68. The van der Waals surface area contributed by atoms with Crippen LogP contribution in [0.3, 0.4) is 0 Å². The van der Waals surface area contributed by atoms with Gasteiger partial charge in [0.05, 0.1) is 7.11 Å². The summed E-state index contributed by atoms with van der Waals surface area (Å²) in [5.41, 5.74) is 1.03. The van der Waals surface area contributed by atoms with Gasteiger partial charge < -0.3 is 10.1 Å². The van der Waals surface area contributed by atoms with Crippen LogP contribution in [0.25, 0.3) is 0 Å². The number of hydrogen-bond acceptors (Lipinski definition) is 2. The maximum absolute atomic E-state index is 6.19. The summed E-state index contributed by atoms with van der Waals surface area (Å²) in [4.78, 5) is 0. The van der Waals surface area contributed by atoms with E-state index < -0.39 is 0 Å². The Kier molecular flexibility index (Phi) is 5.79. The average molecular weight is 256 g/mol. The van der Waals surface area contributed by atoms with Crippen molar-refractivity contribution in [1.29, 1.82) is 0 Å². The Bertz CT molecular complexity index is 354. The fourth-order valence-electron chi connectivity index (χ4n) is 1.72. The highest BCUT2D eigenvalue weighted by atomic mass is 35.5. The van der Waals surface area contributed by atoms with E-state index in [1.54, 1.807) is 7.11 Å². The molecule has 0 aliphatic heterocycles. The molecule has 0 bridgehead atoms. The van der Waals surface area contributed by atoms with Crippen molar-refractivity contribution in [3.05, 3.63) is 28.8 Å². The van der Waals surface area contributed by atoms with Crippen LogP contribution in [0.1, 0.15) is 32.8 Å². The standard InChI is InChI=1S/C14H22ClNO/c1-5-10(2)11(3)16-9-12-13(15)7-6-8-14(12)17-4/h6-8,10-11,16H,5,9H2,1-4H3. The van der Waals surface area contributed by atoms with Crippen molar-refractivity contribution in [1.82, 2.24) is 5.32 Å². The first-order valence-electron chi connectivity index (χ1n) is 6.14. The SMILES string of the molecule is CCC(C)C(C)NCc1c(Cl)cccc1OC. The summed E-state index contributed by atoms with van der Waals surface area (Å²) in [5, 5.41) is 4.26. The zero-order chi connectivity index (χ0) is 12.8. The lowest BCUT2D eigenvalue weighted by Crippen LogP contribution is -2.31. The van der Waals surface area contributed by atoms with Gasteiger partial charge in [0.1, 0.15) is 5.75 Å². The third kappa shape index (κ3) is 3.90. The molecule has 2 atom stereocenters. The summed E-state index contributed by atoms with van der Waals surface area (Å²) in [6.07, 6.45) is 1.17. The van der Waals surface area contributed by atoms with E-state index in [-0.39, 0.29) is 0 Å². The molecule has 0 aliphatic carbocycles. The van der Waals surface area contributed by atoms with Crippen LogP contribution in [0.15, 0.2) is 18.2 Å². The summed E-state index contributed by atoms with van der Waals surface area (Å²) < 4.78 is 5.32. The fraction of sp³-hybridized carbons (Fsp3) is 0.571. The summed E-state index contributed by atoms with van der Waals surface area (Å²) in [6.45, 7) is 7.41. The van der Waals surface area contributed by atoms with Gasteiger partial charge in [-0.2, -0.15) is 0 Å². The van der Waals surface area contributed by atoms with Gasteiger partial charge in [-0.3, -0.25) is 0 Å². The van der Waals surface area contributed by atoms with Crippen LogP contribution in [0, 0.1) is 5.92 Å². The van der Waals surface area contributed by atoms with Crippen LogP contribution in [0.4, 0.5) is 0 Å². The second kappa shape index (κ2) is 6.87. The molecule has 1 aromatic rings. The highest BCUT2D eigenvalue weighted by Crippen LogP contribution is 2.26. The van der Waals surface area contributed by atoms with Gasteiger partial charge in [-0.1, -0.05) is 37.9 Å². The van der Waals surface area contributed by atoms with E-state index in [9.17, 15) is 0 Å². The largest absolute Gasteiger partial charge is 0.496 e. The Morgan fingerprint density at radius 1 is 1.35 bits per heavy atom. The van der Waals surface area contributed by atoms with E-state index in [0.29, 0.717) is 12.0 Å². The molecule has 0 fully saturated rings. The first kappa shape index (κ1) is 14.3. The number of benzene rings is 1. The summed E-state index contributed by atoms with van der Waals surface area (Å²) in [6, 6.07) is 6.22. The molecule has 96 valence electrons. The number of nitrogens with one attached hydrogen (secondary N) is 1. The fourth-order valence-corrected chi connectivity index (χ4v) is 1.95. The highest BCUT2D eigenvalue weighted by molar-refractivity contribution is 6.31. The molecule has 2 unspecified atom stereocenters. The minimum Gasteiger partial charge on any atom is -0.496 e. The first-order valence-corrected chi connectivity index (χ1v) is 6.52. The molecule has 0 radical (unpaired) electrons. The molecule has 0 amide bonds. The van der Waals surface area contributed by atoms with Gasteiger partial charge in [-0.05, 0) is 25.0 Å². The number of halogens is 1. The maximum atomic E-state index is 6.19. The predicted molar refractivity (Wildman–Crippen MR) is 73.8 cm³/mol. The van der Waals surface area contributed by atoms with Crippen molar-refractivity contribution in [2.45, 2.75) is 39.8 Å². The molecule has 1 N–H and O–H groups in total. The third-order valence-corrected chi connectivity index (χ3v) is 3.75. The molecular formula is C14H22ClNO. The molecule has 3 heteroatoms. The van der Waals surface area contributed by atoms with Crippen molar-refractivity contribution in [3.8, 4) is 5.75 Å². The smallest absolute Gasteiger partial charge is 0.124 e. The Morgan fingerprint density at radius 2 is 2.06 bits per heavy atom. The molecule has 0 heterocycles. The van der Waals surface area contributed by atoms with Crippen molar-refractivity contribution >= 4 is 11.6 Å². The summed E-state index contributed by atoms with van der Waals surface area (Å²) >= 11 is 6.19. The molecule has 1 rings (SSSR count). The van der Waals surface area contributed by atoms with E-state index in [4.69, 9.17) is 16.3 Å². The third-order valence-electron chi connectivity index (χ3n) is 3.39. The normalized spacial score (nSPS) is 14.4. The van der Waals surface area contributed by atoms with Crippen LogP contribution in [-0.2, 0) is 6.54 Å². The van der Waals surface area contributed by atoms with Gasteiger partial charge in [0.2, 0.25) is 0 Å². The maximum Gasteiger partial charge on any atom is 0.124 e. The minimum atomic E-state index is 0.473. The lowest BCUT2D eigenvalue weighted by molar-refractivity contribution is 0.378. The molecule has 1 aromatic carbocycles. The summed E-state index contributed by atoms with van der Waals surface area (Å²) in [5.74, 6) is 1.50. The topological polar surface area (TPSA) is 21.3 Å². The van der Waals surface area contributed by atoms with Crippen LogP contribution in [-0.4, -0.2) is 13.2 Å². The second-order valence-electron chi connectivity index (χ2n) is 4.48. The van der Waals surface area contributed by atoms with Gasteiger partial charge in [0, 0.05) is 23.2 Å². The van der Waals surface area contributed by atoms with Gasteiger partial charge in [-0.25, -0.2) is 0 Å². The zero-order valence-electron chi connectivity index (χ0n) is 11.1. The van der Waals surface area contributed by atoms with Crippen molar-refractivity contribution in [3.63, 3.8) is 0 Å². The first-order chi connectivity index (χ1) is 8.10. The molecule has 0 spiro atoms. The van der Waals surface area contributed by atoms with E-state index >= 15 is 0 Å². The molecule has 0 saturated heterocycles. The van der Waals surface area contributed by atoms with Crippen molar-refractivity contribution in [2.75, 3.05) is 7.11 Å². The quantitative estimate of drug-likeness (QED) is 0.833. The van der Waals surface area contributed by atoms with E-state index in [1.165, 1.54) is 6.42 Å². The molecule has 0 saturated carbocycles. The molecule has 0 aliphatic rings. The lowest BCUT2D eigenvalue weighted by Gasteiger charge is -2.21. The van der Waals surface area contributed by atoms with E-state index in [0.717, 1.165) is 22.9 Å². The van der Waals surface area contributed by atoms with Gasteiger partial charge in [0.25, 0.3) is 0 Å². The Hall–Kier alpha value is -0.730.